The van der Waals surface area contributed by atoms with Gasteiger partial charge in [-0.05, 0) is 18.2 Å². The van der Waals surface area contributed by atoms with E-state index in [1.54, 1.807) is 0 Å². The Morgan fingerprint density at radius 2 is 2.08 bits per heavy atom. The molecular weight excluding hydrogens is 162 g/mol. The molecule has 0 aliphatic carbocycles. The number of anilines is 1. The summed E-state index contributed by atoms with van der Waals surface area (Å²) in [6.07, 6.45) is 1.38. The summed E-state index contributed by atoms with van der Waals surface area (Å²) >= 11 is 0. The Balaban J connectivity index is 2.07. The summed E-state index contributed by atoms with van der Waals surface area (Å²) in [4.78, 5) is 13.2. The lowest BCUT2D eigenvalue weighted by molar-refractivity contribution is -0.119. The van der Waals surface area contributed by atoms with Gasteiger partial charge < -0.3 is 4.90 Å². The molecule has 1 radical (unpaired) electrons. The first-order valence-corrected chi connectivity index (χ1v) is 4.59. The highest BCUT2D eigenvalue weighted by molar-refractivity contribution is 5.81. The van der Waals surface area contributed by atoms with Gasteiger partial charge in [0.05, 0.1) is 0 Å². The lowest BCUT2D eigenvalue weighted by Crippen LogP contribution is -2.33. The van der Waals surface area contributed by atoms with E-state index in [9.17, 15) is 4.79 Å². The van der Waals surface area contributed by atoms with Gasteiger partial charge in [0.25, 0.3) is 0 Å². The molecule has 0 N–H and O–H groups in total. The van der Waals surface area contributed by atoms with Crippen LogP contribution in [0, 0.1) is 6.07 Å². The average molecular weight is 174 g/mol. The fraction of sp³-hybridized carbons (Fsp3) is 0.364. The fourth-order valence-corrected chi connectivity index (χ4v) is 1.59. The highest BCUT2D eigenvalue weighted by atomic mass is 16.1. The zero-order valence-electron chi connectivity index (χ0n) is 7.49. The van der Waals surface area contributed by atoms with Crippen molar-refractivity contribution in [3.05, 3.63) is 30.3 Å². The van der Waals surface area contributed by atoms with Crippen molar-refractivity contribution in [2.75, 3.05) is 18.0 Å². The van der Waals surface area contributed by atoms with E-state index < -0.39 is 0 Å². The molecule has 1 fully saturated rings. The van der Waals surface area contributed by atoms with Gasteiger partial charge in [-0.1, -0.05) is 12.1 Å². The van der Waals surface area contributed by atoms with Gasteiger partial charge in [-0.3, -0.25) is 4.79 Å². The Hall–Kier alpha value is -1.31. The monoisotopic (exact) mass is 174 g/mol. The number of piperidine rings is 1. The number of rotatable bonds is 1. The SMILES string of the molecule is O=C1CCN(c2c[c]ccc2)CC1. The van der Waals surface area contributed by atoms with Crippen LogP contribution in [0.5, 0.6) is 0 Å². The van der Waals surface area contributed by atoms with Crippen molar-refractivity contribution in [2.24, 2.45) is 0 Å². The van der Waals surface area contributed by atoms with Crippen molar-refractivity contribution >= 4 is 11.5 Å². The average Bonchev–Trinajstić information content (AvgIpc) is 2.20. The van der Waals surface area contributed by atoms with Crippen LogP contribution in [0.15, 0.2) is 24.3 Å². The Bertz CT molecular complexity index is 284. The molecule has 1 aliphatic rings. The Kier molecular flexibility index (Phi) is 2.30. The zero-order valence-corrected chi connectivity index (χ0v) is 7.49. The topological polar surface area (TPSA) is 20.3 Å². The van der Waals surface area contributed by atoms with E-state index in [4.69, 9.17) is 0 Å². The quantitative estimate of drug-likeness (QED) is 0.645. The van der Waals surface area contributed by atoms with Crippen LogP contribution in [0.25, 0.3) is 0 Å². The number of Topliss-reactive ketones (excluding diaryl/α,β-unsaturated/α-hetero) is 1. The lowest BCUT2D eigenvalue weighted by Gasteiger charge is -2.27. The number of nitrogens with zero attached hydrogens (tertiary/aromatic N) is 1. The van der Waals surface area contributed by atoms with E-state index in [-0.39, 0.29) is 0 Å². The standard InChI is InChI=1S/C11H12NO/c13-11-6-8-12(9-7-11)10-4-2-1-3-5-10/h1-2,4-5H,6-9H2. The van der Waals surface area contributed by atoms with Gasteiger partial charge >= 0.3 is 0 Å². The molecule has 1 saturated heterocycles. The first-order chi connectivity index (χ1) is 6.36. The van der Waals surface area contributed by atoms with Crippen LogP contribution in [-0.4, -0.2) is 18.9 Å². The predicted octanol–water partition coefficient (Wildman–Crippen LogP) is 1.66. The summed E-state index contributed by atoms with van der Waals surface area (Å²) in [7, 11) is 0. The molecule has 0 bridgehead atoms. The second-order valence-corrected chi connectivity index (χ2v) is 3.29. The minimum absolute atomic E-state index is 0.385. The smallest absolute Gasteiger partial charge is 0.136 e. The molecule has 0 spiro atoms. The summed E-state index contributed by atoms with van der Waals surface area (Å²) < 4.78 is 0. The molecule has 1 aromatic carbocycles. The number of carbonyl (C=O) groups is 1. The molecule has 2 heteroatoms. The Labute approximate surface area is 78.2 Å². The second-order valence-electron chi connectivity index (χ2n) is 3.29. The van der Waals surface area contributed by atoms with Gasteiger partial charge in [0.1, 0.15) is 5.78 Å². The zero-order chi connectivity index (χ0) is 9.10. The molecule has 13 heavy (non-hydrogen) atoms. The molecule has 2 nitrogen and oxygen atoms in total. The highest BCUT2D eigenvalue weighted by Crippen LogP contribution is 2.16. The van der Waals surface area contributed by atoms with Gasteiger partial charge in [0.2, 0.25) is 0 Å². The van der Waals surface area contributed by atoms with Crippen molar-refractivity contribution < 1.29 is 4.79 Å². The van der Waals surface area contributed by atoms with Crippen molar-refractivity contribution in [1.82, 2.24) is 0 Å². The normalized spacial score (nSPS) is 17.5. The minimum atomic E-state index is 0.385. The number of benzene rings is 1. The maximum absolute atomic E-state index is 11.0. The molecule has 0 saturated carbocycles. The number of hydrogen-bond donors (Lipinski definition) is 0. The van der Waals surface area contributed by atoms with E-state index in [1.165, 1.54) is 5.69 Å². The third kappa shape index (κ3) is 1.89. The van der Waals surface area contributed by atoms with Crippen LogP contribution in [0.3, 0.4) is 0 Å². The van der Waals surface area contributed by atoms with Crippen molar-refractivity contribution in [1.29, 1.82) is 0 Å². The van der Waals surface area contributed by atoms with Crippen LogP contribution in [0.4, 0.5) is 5.69 Å². The molecule has 67 valence electrons. The third-order valence-electron chi connectivity index (χ3n) is 2.38. The largest absolute Gasteiger partial charge is 0.371 e. The summed E-state index contributed by atoms with van der Waals surface area (Å²) in [5, 5.41) is 0. The summed E-state index contributed by atoms with van der Waals surface area (Å²) in [5.41, 5.74) is 1.18. The Morgan fingerprint density at radius 1 is 1.31 bits per heavy atom. The van der Waals surface area contributed by atoms with Gasteiger partial charge in [0, 0.05) is 31.6 Å². The lowest BCUT2D eigenvalue weighted by atomic mass is 10.1. The number of carbonyl (C=O) groups excluding carboxylic acids is 1. The van der Waals surface area contributed by atoms with Gasteiger partial charge in [0.15, 0.2) is 0 Å². The van der Waals surface area contributed by atoms with E-state index in [0.717, 1.165) is 13.1 Å². The molecule has 1 aromatic rings. The van der Waals surface area contributed by atoms with Crippen LogP contribution in [-0.2, 0) is 4.79 Å². The molecule has 0 atom stereocenters. The van der Waals surface area contributed by atoms with E-state index in [0.29, 0.717) is 18.6 Å². The summed E-state index contributed by atoms with van der Waals surface area (Å²) in [5.74, 6) is 0.385. The van der Waals surface area contributed by atoms with Crippen LogP contribution < -0.4 is 4.90 Å². The summed E-state index contributed by atoms with van der Waals surface area (Å²) in [6, 6.07) is 10.9. The van der Waals surface area contributed by atoms with Gasteiger partial charge in [-0.15, -0.1) is 0 Å². The highest BCUT2D eigenvalue weighted by Gasteiger charge is 2.15. The minimum Gasteiger partial charge on any atom is -0.371 e. The van der Waals surface area contributed by atoms with Gasteiger partial charge in [-0.2, -0.15) is 0 Å². The molecule has 0 unspecified atom stereocenters. The molecule has 2 rings (SSSR count). The van der Waals surface area contributed by atoms with E-state index in [1.807, 2.05) is 18.2 Å². The third-order valence-corrected chi connectivity index (χ3v) is 2.38. The molecule has 1 aliphatic heterocycles. The number of hydrogen-bond acceptors (Lipinski definition) is 2. The maximum atomic E-state index is 11.0. The van der Waals surface area contributed by atoms with Crippen LogP contribution in [0.2, 0.25) is 0 Å². The van der Waals surface area contributed by atoms with E-state index in [2.05, 4.69) is 17.0 Å². The molecular formula is C11H12NO. The molecule has 0 amide bonds. The summed E-state index contributed by atoms with van der Waals surface area (Å²) in [6.45, 7) is 1.72. The number of ketones is 1. The van der Waals surface area contributed by atoms with Crippen molar-refractivity contribution in [3.63, 3.8) is 0 Å². The second kappa shape index (κ2) is 3.60. The van der Waals surface area contributed by atoms with Crippen molar-refractivity contribution in [2.45, 2.75) is 12.8 Å². The maximum Gasteiger partial charge on any atom is 0.136 e. The van der Waals surface area contributed by atoms with E-state index >= 15 is 0 Å². The van der Waals surface area contributed by atoms with Crippen LogP contribution in [0.1, 0.15) is 12.8 Å². The predicted molar refractivity (Wildman–Crippen MR) is 51.7 cm³/mol. The van der Waals surface area contributed by atoms with Crippen molar-refractivity contribution in [3.8, 4) is 0 Å². The first-order valence-electron chi connectivity index (χ1n) is 4.59. The van der Waals surface area contributed by atoms with Gasteiger partial charge in [-0.25, -0.2) is 0 Å². The first kappa shape index (κ1) is 8.30. The fourth-order valence-electron chi connectivity index (χ4n) is 1.59. The Morgan fingerprint density at radius 3 is 2.69 bits per heavy atom. The molecule has 0 aromatic heterocycles. The van der Waals surface area contributed by atoms with Crippen LogP contribution >= 0.6 is 0 Å². The molecule has 1 heterocycles.